The molecule has 25 heavy (non-hydrogen) atoms. The van der Waals surface area contributed by atoms with Gasteiger partial charge in [-0.3, -0.25) is 0 Å². The van der Waals surface area contributed by atoms with E-state index in [1.807, 2.05) is 62.5 Å². The van der Waals surface area contributed by atoms with Gasteiger partial charge in [-0.05, 0) is 60.9 Å². The summed E-state index contributed by atoms with van der Waals surface area (Å²) in [5.74, 6) is 0.285. The first-order valence-corrected chi connectivity index (χ1v) is 8.06. The highest BCUT2D eigenvalue weighted by molar-refractivity contribution is 5.71. The highest BCUT2D eigenvalue weighted by atomic mass is 16.6. The smallest absolute Gasteiger partial charge is 0.344 e. The van der Waals surface area contributed by atoms with Gasteiger partial charge < -0.3 is 9.47 Å². The van der Waals surface area contributed by atoms with Gasteiger partial charge in [0.05, 0.1) is 5.69 Å². The molecular weight excluding hydrogens is 316 g/mol. The topological polar surface area (TPSA) is 53.4 Å². The third-order valence-corrected chi connectivity index (χ3v) is 3.66. The molecule has 0 N–H and O–H groups in total. The number of rotatable bonds is 6. The van der Waals surface area contributed by atoms with Crippen LogP contribution in [0, 0.1) is 13.8 Å². The van der Waals surface area contributed by atoms with Crippen LogP contribution in [0.15, 0.2) is 60.9 Å². The summed E-state index contributed by atoms with van der Waals surface area (Å²) in [4.78, 5) is 11.9. The molecule has 5 nitrogen and oxygen atoms in total. The van der Waals surface area contributed by atoms with Crippen LogP contribution in [0.4, 0.5) is 0 Å². The minimum Gasteiger partial charge on any atom is -0.482 e. The van der Waals surface area contributed by atoms with Crippen molar-refractivity contribution in [3.63, 3.8) is 0 Å². The Morgan fingerprint density at radius 3 is 2.44 bits per heavy atom. The predicted octanol–water partition coefficient (Wildman–Crippen LogP) is 3.61. The summed E-state index contributed by atoms with van der Waals surface area (Å²) in [6, 6.07) is 15.4. The van der Waals surface area contributed by atoms with E-state index in [9.17, 15) is 4.79 Å². The van der Waals surface area contributed by atoms with Crippen molar-refractivity contribution in [2.75, 3.05) is 6.61 Å². The van der Waals surface area contributed by atoms with E-state index in [2.05, 4.69) is 11.2 Å². The number of esters is 1. The number of hydrogen-bond acceptors (Lipinski definition) is 4. The molecule has 3 aromatic rings. The lowest BCUT2D eigenvalue weighted by molar-refractivity contribution is -0.147. The van der Waals surface area contributed by atoms with E-state index >= 15 is 0 Å². The van der Waals surface area contributed by atoms with E-state index in [-0.39, 0.29) is 13.2 Å². The second kappa shape index (κ2) is 7.66. The van der Waals surface area contributed by atoms with Crippen LogP contribution in [-0.4, -0.2) is 22.4 Å². The van der Waals surface area contributed by atoms with Crippen LogP contribution >= 0.6 is 0 Å². The molecule has 128 valence electrons. The number of benzene rings is 2. The quantitative estimate of drug-likeness (QED) is 0.645. The highest BCUT2D eigenvalue weighted by Gasteiger charge is 2.06. The molecule has 0 aliphatic rings. The Kier molecular flexibility index (Phi) is 5.14. The lowest BCUT2D eigenvalue weighted by Crippen LogP contribution is -2.14. The molecule has 0 saturated heterocycles. The maximum absolute atomic E-state index is 11.9. The number of aryl methyl sites for hydroxylation is 2. The summed E-state index contributed by atoms with van der Waals surface area (Å²) in [5, 5.41) is 4.17. The van der Waals surface area contributed by atoms with E-state index in [1.165, 1.54) is 0 Å². The van der Waals surface area contributed by atoms with Crippen LogP contribution in [0.3, 0.4) is 0 Å². The Hall–Kier alpha value is -3.08. The van der Waals surface area contributed by atoms with Crippen LogP contribution in [0.5, 0.6) is 5.75 Å². The zero-order valence-corrected chi connectivity index (χ0v) is 14.3. The number of carbonyl (C=O) groups excluding carboxylic acids is 1. The monoisotopic (exact) mass is 336 g/mol. The number of ether oxygens (including phenoxy) is 2. The molecular formula is C20H20N2O3. The van der Waals surface area contributed by atoms with E-state index in [1.54, 1.807) is 10.9 Å². The minimum atomic E-state index is -0.393. The van der Waals surface area contributed by atoms with Gasteiger partial charge in [0.2, 0.25) is 0 Å². The molecule has 1 heterocycles. The van der Waals surface area contributed by atoms with Crippen molar-refractivity contribution in [2.45, 2.75) is 20.5 Å². The normalized spacial score (nSPS) is 10.5. The molecule has 0 aliphatic carbocycles. The van der Waals surface area contributed by atoms with E-state index in [0.717, 1.165) is 22.4 Å². The van der Waals surface area contributed by atoms with Crippen LogP contribution in [-0.2, 0) is 16.1 Å². The standard InChI is InChI=1S/C20H20N2O3/c1-15-10-16(2)12-19(11-15)24-14-20(23)25-13-17-4-6-18(7-5-17)22-9-3-8-21-22/h3-12H,13-14H2,1-2H3. The third kappa shape index (κ3) is 4.70. The van der Waals surface area contributed by atoms with Gasteiger partial charge in [0.15, 0.2) is 6.61 Å². The Balaban J connectivity index is 1.48. The average molecular weight is 336 g/mol. The maximum atomic E-state index is 11.9. The van der Waals surface area contributed by atoms with Gasteiger partial charge >= 0.3 is 5.97 Å². The molecule has 0 saturated carbocycles. The molecule has 5 heteroatoms. The second-order valence-electron chi connectivity index (χ2n) is 5.89. The SMILES string of the molecule is Cc1cc(C)cc(OCC(=O)OCc2ccc(-n3cccn3)cc2)c1. The zero-order valence-electron chi connectivity index (χ0n) is 14.3. The summed E-state index contributed by atoms with van der Waals surface area (Å²) >= 11 is 0. The van der Waals surface area contributed by atoms with Crippen molar-refractivity contribution in [1.29, 1.82) is 0 Å². The first-order chi connectivity index (χ1) is 12.1. The second-order valence-corrected chi connectivity index (χ2v) is 5.89. The number of nitrogens with zero attached hydrogens (tertiary/aromatic N) is 2. The molecule has 1 aromatic heterocycles. The molecule has 0 bridgehead atoms. The van der Waals surface area contributed by atoms with Crippen molar-refractivity contribution < 1.29 is 14.3 Å². The van der Waals surface area contributed by atoms with Crippen LogP contribution in [0.2, 0.25) is 0 Å². The number of hydrogen-bond donors (Lipinski definition) is 0. The third-order valence-electron chi connectivity index (χ3n) is 3.66. The Labute approximate surface area is 146 Å². The van der Waals surface area contributed by atoms with Gasteiger partial charge in [0, 0.05) is 12.4 Å². The molecule has 0 amide bonds. The number of carbonyl (C=O) groups is 1. The lowest BCUT2D eigenvalue weighted by Gasteiger charge is -2.09. The van der Waals surface area contributed by atoms with Gasteiger partial charge in [-0.25, -0.2) is 9.48 Å². The largest absolute Gasteiger partial charge is 0.482 e. The van der Waals surface area contributed by atoms with Crippen molar-refractivity contribution in [3.05, 3.63) is 77.6 Å². The fourth-order valence-electron chi connectivity index (χ4n) is 2.53. The Morgan fingerprint density at radius 2 is 1.80 bits per heavy atom. The van der Waals surface area contributed by atoms with Crippen molar-refractivity contribution in [2.24, 2.45) is 0 Å². The van der Waals surface area contributed by atoms with E-state index in [0.29, 0.717) is 5.75 Å². The maximum Gasteiger partial charge on any atom is 0.344 e. The minimum absolute atomic E-state index is 0.103. The predicted molar refractivity (Wildman–Crippen MR) is 94.8 cm³/mol. The summed E-state index contributed by atoms with van der Waals surface area (Å²) < 4.78 is 12.5. The zero-order chi connectivity index (χ0) is 17.6. The Morgan fingerprint density at radius 1 is 1.08 bits per heavy atom. The molecule has 0 radical (unpaired) electrons. The van der Waals surface area contributed by atoms with Crippen LogP contribution in [0.1, 0.15) is 16.7 Å². The first-order valence-electron chi connectivity index (χ1n) is 8.06. The van der Waals surface area contributed by atoms with E-state index < -0.39 is 5.97 Å². The molecule has 0 aliphatic heterocycles. The molecule has 3 rings (SSSR count). The molecule has 0 atom stereocenters. The highest BCUT2D eigenvalue weighted by Crippen LogP contribution is 2.16. The van der Waals surface area contributed by atoms with Gasteiger partial charge in [-0.2, -0.15) is 5.10 Å². The van der Waals surface area contributed by atoms with Gasteiger partial charge in [0.25, 0.3) is 0 Å². The molecule has 2 aromatic carbocycles. The molecule has 0 spiro atoms. The van der Waals surface area contributed by atoms with E-state index in [4.69, 9.17) is 9.47 Å². The number of aromatic nitrogens is 2. The van der Waals surface area contributed by atoms with Crippen LogP contribution in [0.25, 0.3) is 5.69 Å². The van der Waals surface area contributed by atoms with Crippen molar-refractivity contribution in [3.8, 4) is 11.4 Å². The van der Waals surface area contributed by atoms with Gasteiger partial charge in [0.1, 0.15) is 12.4 Å². The van der Waals surface area contributed by atoms with Crippen LogP contribution < -0.4 is 4.74 Å². The summed E-state index contributed by atoms with van der Waals surface area (Å²) in [6.07, 6.45) is 3.60. The van der Waals surface area contributed by atoms with Gasteiger partial charge in [-0.1, -0.05) is 18.2 Å². The average Bonchev–Trinajstić information content (AvgIpc) is 3.12. The molecule has 0 unspecified atom stereocenters. The summed E-state index contributed by atoms with van der Waals surface area (Å²) in [6.45, 7) is 4.10. The fraction of sp³-hybridized carbons (Fsp3) is 0.200. The fourth-order valence-corrected chi connectivity index (χ4v) is 2.53. The first kappa shape index (κ1) is 16.8. The molecule has 0 fully saturated rings. The summed E-state index contributed by atoms with van der Waals surface area (Å²) in [5.41, 5.74) is 4.06. The van der Waals surface area contributed by atoms with Gasteiger partial charge in [-0.15, -0.1) is 0 Å². The summed E-state index contributed by atoms with van der Waals surface area (Å²) in [7, 11) is 0. The lowest BCUT2D eigenvalue weighted by atomic mass is 10.1. The van der Waals surface area contributed by atoms with Crippen molar-refractivity contribution in [1.82, 2.24) is 9.78 Å². The van der Waals surface area contributed by atoms with Crippen molar-refractivity contribution >= 4 is 5.97 Å². The Bertz CT molecular complexity index is 820.